The van der Waals surface area contributed by atoms with Crippen LogP contribution in [0.15, 0.2) is 4.99 Å². The van der Waals surface area contributed by atoms with Crippen LogP contribution in [0.3, 0.4) is 0 Å². The molecule has 15 heavy (non-hydrogen) atoms. The smallest absolute Gasteiger partial charge is 0.288 e. The number of hydrogen-bond acceptors (Lipinski definition) is 3. The molecule has 0 aromatic carbocycles. The van der Waals surface area contributed by atoms with E-state index in [2.05, 4.69) is 4.99 Å². The summed E-state index contributed by atoms with van der Waals surface area (Å²) in [6, 6.07) is 0. The zero-order chi connectivity index (χ0) is 11.3. The Balaban J connectivity index is 2.19. The van der Waals surface area contributed by atoms with Crippen LogP contribution in [0.25, 0.3) is 0 Å². The lowest BCUT2D eigenvalue weighted by Gasteiger charge is -2.14. The van der Waals surface area contributed by atoms with Gasteiger partial charge in [0.2, 0.25) is 5.96 Å². The van der Waals surface area contributed by atoms with Gasteiger partial charge in [-0.1, -0.05) is 0 Å². The highest BCUT2D eigenvalue weighted by atomic mass is 19.4. The molecule has 2 rings (SSSR count). The maximum absolute atomic E-state index is 12.4. The van der Waals surface area contributed by atoms with Gasteiger partial charge in [0.15, 0.2) is 5.54 Å². The first-order chi connectivity index (χ1) is 6.84. The number of carbonyl (C=O) groups is 2. The minimum atomic E-state index is -4.45. The van der Waals surface area contributed by atoms with Crippen LogP contribution < -0.4 is 10.6 Å². The van der Waals surface area contributed by atoms with Crippen LogP contribution in [0.5, 0.6) is 0 Å². The fraction of sp³-hybridized carbons (Fsp3) is 0.571. The molecule has 0 radical (unpaired) electrons. The summed E-state index contributed by atoms with van der Waals surface area (Å²) in [4.78, 5) is 24.6. The molecule has 0 unspecified atom stereocenters. The molecule has 82 valence electrons. The highest BCUT2D eigenvalue weighted by Gasteiger charge is 2.64. The minimum Gasteiger partial charge on any atom is -0.288 e. The first-order valence-electron chi connectivity index (χ1n) is 4.13. The molecule has 5 nitrogen and oxygen atoms in total. The normalized spacial score (nSPS) is 23.5. The van der Waals surface area contributed by atoms with Gasteiger partial charge in [-0.05, 0) is 12.8 Å². The van der Waals surface area contributed by atoms with Crippen molar-refractivity contribution in [3.8, 4) is 0 Å². The van der Waals surface area contributed by atoms with E-state index in [0.717, 1.165) is 0 Å². The number of aliphatic imine (C=N–C) groups is 1. The van der Waals surface area contributed by atoms with E-state index in [1.54, 1.807) is 0 Å². The van der Waals surface area contributed by atoms with Crippen LogP contribution in [0, 0.1) is 0 Å². The molecule has 2 fully saturated rings. The molecule has 1 aliphatic heterocycles. The highest BCUT2D eigenvalue weighted by molar-refractivity contribution is 6.45. The second kappa shape index (κ2) is 2.71. The maximum atomic E-state index is 12.4. The summed E-state index contributed by atoms with van der Waals surface area (Å²) < 4.78 is 37.2. The van der Waals surface area contributed by atoms with Crippen molar-refractivity contribution in [1.29, 1.82) is 0 Å². The zero-order valence-electron chi connectivity index (χ0n) is 7.31. The average Bonchev–Trinajstić information content (AvgIpc) is 2.77. The second-order valence-electron chi connectivity index (χ2n) is 3.40. The lowest BCUT2D eigenvalue weighted by atomic mass is 10.3. The van der Waals surface area contributed by atoms with Crippen LogP contribution in [-0.2, 0) is 9.59 Å². The largest absolute Gasteiger partial charge is 0.413 e. The molecule has 2 aliphatic rings. The van der Waals surface area contributed by atoms with Crippen LogP contribution in [0.2, 0.25) is 0 Å². The van der Waals surface area contributed by atoms with Crippen LogP contribution >= 0.6 is 0 Å². The van der Waals surface area contributed by atoms with Gasteiger partial charge in [0.05, 0.1) is 0 Å². The van der Waals surface area contributed by atoms with Crippen molar-refractivity contribution >= 4 is 17.8 Å². The lowest BCUT2D eigenvalue weighted by molar-refractivity contribution is -0.156. The van der Waals surface area contributed by atoms with Crippen molar-refractivity contribution in [2.45, 2.75) is 24.6 Å². The number of guanidine groups is 1. The van der Waals surface area contributed by atoms with Crippen molar-refractivity contribution < 1.29 is 22.8 Å². The molecule has 2 N–H and O–H groups in total. The molecule has 1 saturated carbocycles. The van der Waals surface area contributed by atoms with Gasteiger partial charge < -0.3 is 0 Å². The number of alkyl halides is 3. The van der Waals surface area contributed by atoms with E-state index in [9.17, 15) is 22.8 Å². The van der Waals surface area contributed by atoms with Crippen LogP contribution in [0.1, 0.15) is 12.8 Å². The summed E-state index contributed by atoms with van der Waals surface area (Å²) >= 11 is 0. The molecule has 1 heterocycles. The Hall–Kier alpha value is -1.60. The highest BCUT2D eigenvalue weighted by Crippen LogP contribution is 2.52. The minimum absolute atomic E-state index is 0.119. The van der Waals surface area contributed by atoms with E-state index in [1.165, 1.54) is 0 Å². The number of nitrogens with zero attached hydrogens (tertiary/aromatic N) is 1. The average molecular weight is 221 g/mol. The quantitative estimate of drug-likeness (QED) is 0.596. The summed E-state index contributed by atoms with van der Waals surface area (Å²) in [6.07, 6.45) is -4.68. The van der Waals surface area contributed by atoms with Gasteiger partial charge in [-0.3, -0.25) is 20.2 Å². The summed E-state index contributed by atoms with van der Waals surface area (Å²) in [5.74, 6) is -2.40. The standard InChI is InChI=1S/C7H6F3N3O2/c8-7(9,10)6(1-2-6)13-5-11-3(14)4(15)12-5/h1-2H2,(H2,11,12,13,14,15). The number of carbonyl (C=O) groups excluding carboxylic acids is 2. The predicted molar refractivity (Wildman–Crippen MR) is 41.7 cm³/mol. The molecule has 0 atom stereocenters. The zero-order valence-corrected chi connectivity index (χ0v) is 7.31. The summed E-state index contributed by atoms with van der Waals surface area (Å²) in [7, 11) is 0. The molecule has 0 spiro atoms. The number of halogens is 3. The predicted octanol–water partition coefficient (Wildman–Crippen LogP) is -0.317. The number of hydrogen-bond donors (Lipinski definition) is 2. The van der Waals surface area contributed by atoms with Gasteiger partial charge in [0, 0.05) is 0 Å². The van der Waals surface area contributed by atoms with E-state index < -0.39 is 29.5 Å². The van der Waals surface area contributed by atoms with Crippen LogP contribution in [-0.4, -0.2) is 29.5 Å². The van der Waals surface area contributed by atoms with E-state index in [4.69, 9.17) is 0 Å². The van der Waals surface area contributed by atoms with Crippen LogP contribution in [0.4, 0.5) is 13.2 Å². The van der Waals surface area contributed by atoms with E-state index in [-0.39, 0.29) is 12.8 Å². The van der Waals surface area contributed by atoms with Crippen molar-refractivity contribution in [2.75, 3.05) is 0 Å². The van der Waals surface area contributed by atoms with Crippen molar-refractivity contribution in [2.24, 2.45) is 4.99 Å². The fourth-order valence-electron chi connectivity index (χ4n) is 1.21. The maximum Gasteiger partial charge on any atom is 0.413 e. The Morgan fingerprint density at radius 1 is 1.13 bits per heavy atom. The van der Waals surface area contributed by atoms with Crippen molar-refractivity contribution in [3.05, 3.63) is 0 Å². The monoisotopic (exact) mass is 221 g/mol. The Morgan fingerprint density at radius 2 is 1.60 bits per heavy atom. The fourth-order valence-corrected chi connectivity index (χ4v) is 1.21. The molecule has 0 aromatic heterocycles. The summed E-state index contributed by atoms with van der Waals surface area (Å²) in [5, 5.41) is 3.84. The van der Waals surface area contributed by atoms with Crippen molar-refractivity contribution in [3.63, 3.8) is 0 Å². The van der Waals surface area contributed by atoms with Gasteiger partial charge in [-0.2, -0.15) is 13.2 Å². The third kappa shape index (κ3) is 1.55. The SMILES string of the molecule is O=C1NC(=NC2(C(F)(F)F)CC2)NC1=O. The van der Waals surface area contributed by atoms with Gasteiger partial charge in [-0.25, -0.2) is 4.99 Å². The van der Waals surface area contributed by atoms with Gasteiger partial charge >= 0.3 is 18.0 Å². The molecule has 2 amide bonds. The molecule has 8 heteroatoms. The molecular formula is C7H6F3N3O2. The van der Waals surface area contributed by atoms with Gasteiger partial charge in [0.1, 0.15) is 0 Å². The van der Waals surface area contributed by atoms with E-state index >= 15 is 0 Å². The Bertz CT molecular complexity index is 352. The molecule has 1 aliphatic carbocycles. The first-order valence-corrected chi connectivity index (χ1v) is 4.13. The molecular weight excluding hydrogens is 215 g/mol. The first kappa shape index (κ1) is 9.94. The Labute approximate surface area is 81.7 Å². The molecule has 0 bridgehead atoms. The second-order valence-corrected chi connectivity index (χ2v) is 3.40. The number of rotatable bonds is 1. The summed E-state index contributed by atoms with van der Waals surface area (Å²) in [5.41, 5.74) is -2.12. The van der Waals surface area contributed by atoms with Crippen molar-refractivity contribution in [1.82, 2.24) is 10.6 Å². The molecule has 1 saturated heterocycles. The third-order valence-corrected chi connectivity index (χ3v) is 2.25. The Kier molecular flexibility index (Phi) is 1.79. The Morgan fingerprint density at radius 3 is 1.93 bits per heavy atom. The topological polar surface area (TPSA) is 70.6 Å². The lowest BCUT2D eigenvalue weighted by Crippen LogP contribution is -2.35. The van der Waals surface area contributed by atoms with E-state index in [0.29, 0.717) is 0 Å². The van der Waals surface area contributed by atoms with Gasteiger partial charge in [0.25, 0.3) is 0 Å². The van der Waals surface area contributed by atoms with E-state index in [1.807, 2.05) is 10.6 Å². The molecule has 0 aromatic rings. The number of nitrogens with one attached hydrogen (secondary N) is 2. The van der Waals surface area contributed by atoms with Gasteiger partial charge in [-0.15, -0.1) is 0 Å². The number of amides is 2. The third-order valence-electron chi connectivity index (χ3n) is 2.25. The summed E-state index contributed by atoms with van der Waals surface area (Å²) in [6.45, 7) is 0.